The van der Waals surface area contributed by atoms with Gasteiger partial charge in [0.25, 0.3) is 0 Å². The molecule has 2 aromatic rings. The van der Waals surface area contributed by atoms with Gasteiger partial charge in [-0.25, -0.2) is 0 Å². The molecule has 3 nitrogen and oxygen atoms in total. The molecule has 0 amide bonds. The first-order valence-electron chi connectivity index (χ1n) is 8.45. The van der Waals surface area contributed by atoms with E-state index >= 15 is 0 Å². The lowest BCUT2D eigenvalue weighted by molar-refractivity contribution is 0.172. The van der Waals surface area contributed by atoms with Crippen LogP contribution in [-0.2, 0) is 12.8 Å². The van der Waals surface area contributed by atoms with E-state index in [9.17, 15) is 5.11 Å². The monoisotopic (exact) mass is 381 g/mol. The van der Waals surface area contributed by atoms with Gasteiger partial charge in [0, 0.05) is 11.6 Å². The number of nitrogens with one attached hydrogen (secondary N) is 1. The molecular weight excluding hydrogens is 357 g/mol. The first-order valence-corrected chi connectivity index (χ1v) is 8.83. The molecule has 0 aliphatic heterocycles. The second kappa shape index (κ2) is 9.44. The van der Waals surface area contributed by atoms with E-state index in [4.69, 9.17) is 16.3 Å². The molecule has 0 radical (unpaired) electrons. The van der Waals surface area contributed by atoms with Gasteiger partial charge in [0.05, 0.1) is 13.2 Å². The summed E-state index contributed by atoms with van der Waals surface area (Å²) in [5.41, 5.74) is 3.69. The Hall–Kier alpha value is -1.26. The van der Waals surface area contributed by atoms with Gasteiger partial charge in [0.2, 0.25) is 0 Å². The summed E-state index contributed by atoms with van der Waals surface area (Å²) in [4.78, 5) is 0. The van der Waals surface area contributed by atoms with Gasteiger partial charge >= 0.3 is 0 Å². The molecule has 0 saturated carbocycles. The number of rotatable bonds is 6. The zero-order valence-corrected chi connectivity index (χ0v) is 15.9. The van der Waals surface area contributed by atoms with Crippen LogP contribution in [0, 0.1) is 5.92 Å². The minimum Gasteiger partial charge on any atom is -0.497 e. The molecule has 0 saturated heterocycles. The van der Waals surface area contributed by atoms with Gasteiger partial charge in [0.15, 0.2) is 0 Å². The highest BCUT2D eigenvalue weighted by Gasteiger charge is 2.19. The van der Waals surface area contributed by atoms with Crippen molar-refractivity contribution >= 4 is 24.0 Å². The predicted molar refractivity (Wildman–Crippen MR) is 105 cm³/mol. The standard InChI is InChI=1S/C20H24ClNO2.ClH/c1-24-19-8-7-15-9-14(5-6-16(15)11-19)12-22-13-20(23)17-3-2-4-18(21)10-17;/h2-4,7-8,10-11,14,20,22-23H,5-6,9,12-13H2,1H3;1H. The van der Waals surface area contributed by atoms with Crippen molar-refractivity contribution in [2.24, 2.45) is 5.92 Å². The van der Waals surface area contributed by atoms with Crippen molar-refractivity contribution in [2.75, 3.05) is 20.2 Å². The molecule has 1 aliphatic rings. The third-order valence-corrected chi connectivity index (χ3v) is 4.98. The molecule has 2 unspecified atom stereocenters. The maximum Gasteiger partial charge on any atom is 0.119 e. The highest BCUT2D eigenvalue weighted by atomic mass is 35.5. The average molecular weight is 382 g/mol. The summed E-state index contributed by atoms with van der Waals surface area (Å²) >= 11 is 5.97. The number of hydrogen-bond acceptors (Lipinski definition) is 3. The first kappa shape index (κ1) is 20.1. The van der Waals surface area contributed by atoms with E-state index in [2.05, 4.69) is 17.4 Å². The van der Waals surface area contributed by atoms with Crippen molar-refractivity contribution in [3.63, 3.8) is 0 Å². The van der Waals surface area contributed by atoms with Crippen LogP contribution in [0.15, 0.2) is 42.5 Å². The van der Waals surface area contributed by atoms with Gasteiger partial charge in [-0.05, 0) is 72.7 Å². The van der Waals surface area contributed by atoms with Gasteiger partial charge in [-0.3, -0.25) is 0 Å². The zero-order chi connectivity index (χ0) is 16.9. The Balaban J connectivity index is 0.00000225. The van der Waals surface area contributed by atoms with Gasteiger partial charge < -0.3 is 15.2 Å². The molecule has 25 heavy (non-hydrogen) atoms. The van der Waals surface area contributed by atoms with Crippen molar-refractivity contribution in [2.45, 2.75) is 25.4 Å². The fourth-order valence-corrected chi connectivity index (χ4v) is 3.56. The van der Waals surface area contributed by atoms with E-state index < -0.39 is 6.10 Å². The van der Waals surface area contributed by atoms with E-state index in [1.165, 1.54) is 17.5 Å². The Bertz CT molecular complexity index is 693. The van der Waals surface area contributed by atoms with E-state index in [0.29, 0.717) is 17.5 Å². The lowest BCUT2D eigenvalue weighted by Gasteiger charge is -2.25. The maximum absolute atomic E-state index is 10.3. The van der Waals surface area contributed by atoms with Crippen LogP contribution in [0.2, 0.25) is 5.02 Å². The van der Waals surface area contributed by atoms with Crippen LogP contribution in [-0.4, -0.2) is 25.3 Å². The summed E-state index contributed by atoms with van der Waals surface area (Å²) in [5, 5.41) is 14.3. The quantitative estimate of drug-likeness (QED) is 0.787. The van der Waals surface area contributed by atoms with Crippen LogP contribution in [0.5, 0.6) is 5.75 Å². The lowest BCUT2D eigenvalue weighted by atomic mass is 9.84. The SMILES string of the molecule is COc1ccc2c(c1)CCC(CNCC(O)c1cccc(Cl)c1)C2.Cl. The van der Waals surface area contributed by atoms with Crippen LogP contribution in [0.25, 0.3) is 0 Å². The van der Waals surface area contributed by atoms with Crippen molar-refractivity contribution in [1.82, 2.24) is 5.32 Å². The number of fused-ring (bicyclic) bond motifs is 1. The molecule has 0 heterocycles. The highest BCUT2D eigenvalue weighted by molar-refractivity contribution is 6.30. The zero-order valence-electron chi connectivity index (χ0n) is 14.4. The van der Waals surface area contributed by atoms with E-state index in [0.717, 1.165) is 30.7 Å². The number of aliphatic hydroxyl groups excluding tert-OH is 1. The summed E-state index contributed by atoms with van der Waals surface area (Å²) in [7, 11) is 1.71. The van der Waals surface area contributed by atoms with Crippen LogP contribution in [0.3, 0.4) is 0 Å². The summed E-state index contributed by atoms with van der Waals surface area (Å²) in [6.07, 6.45) is 2.82. The van der Waals surface area contributed by atoms with E-state index in [1.807, 2.05) is 30.3 Å². The summed E-state index contributed by atoms with van der Waals surface area (Å²) in [5.74, 6) is 1.55. The van der Waals surface area contributed by atoms with Gasteiger partial charge in [-0.1, -0.05) is 29.8 Å². The predicted octanol–water partition coefficient (Wildman–Crippen LogP) is 4.20. The number of benzene rings is 2. The molecule has 3 rings (SSSR count). The lowest BCUT2D eigenvalue weighted by Crippen LogP contribution is -2.30. The van der Waals surface area contributed by atoms with Crippen LogP contribution in [0.4, 0.5) is 0 Å². The van der Waals surface area contributed by atoms with Gasteiger partial charge in [-0.15, -0.1) is 12.4 Å². The van der Waals surface area contributed by atoms with Gasteiger partial charge in [-0.2, -0.15) is 0 Å². The minimum atomic E-state index is -0.524. The Morgan fingerprint density at radius 1 is 1.24 bits per heavy atom. The molecule has 2 aromatic carbocycles. The second-order valence-corrected chi connectivity index (χ2v) is 6.91. The highest BCUT2D eigenvalue weighted by Crippen LogP contribution is 2.28. The number of aliphatic hydroxyl groups is 1. The minimum absolute atomic E-state index is 0. The van der Waals surface area contributed by atoms with Crippen LogP contribution in [0.1, 0.15) is 29.2 Å². The third-order valence-electron chi connectivity index (χ3n) is 4.75. The normalized spacial score (nSPS) is 17.3. The molecule has 0 fully saturated rings. The molecule has 136 valence electrons. The average Bonchev–Trinajstić information content (AvgIpc) is 2.61. The molecule has 2 N–H and O–H groups in total. The number of hydrogen-bond donors (Lipinski definition) is 2. The largest absolute Gasteiger partial charge is 0.497 e. The van der Waals surface area contributed by atoms with E-state index in [1.54, 1.807) is 7.11 Å². The number of methoxy groups -OCH3 is 1. The number of aryl methyl sites for hydroxylation is 1. The van der Waals surface area contributed by atoms with Crippen molar-refractivity contribution < 1.29 is 9.84 Å². The Morgan fingerprint density at radius 3 is 2.84 bits per heavy atom. The smallest absolute Gasteiger partial charge is 0.119 e. The topological polar surface area (TPSA) is 41.5 Å². The Labute approximate surface area is 160 Å². The molecule has 0 aromatic heterocycles. The van der Waals surface area contributed by atoms with Crippen LogP contribution < -0.4 is 10.1 Å². The fourth-order valence-electron chi connectivity index (χ4n) is 3.36. The maximum atomic E-state index is 10.3. The molecule has 0 bridgehead atoms. The Kier molecular flexibility index (Phi) is 7.57. The second-order valence-electron chi connectivity index (χ2n) is 6.47. The van der Waals surface area contributed by atoms with Crippen molar-refractivity contribution in [3.05, 3.63) is 64.2 Å². The number of halogens is 2. The van der Waals surface area contributed by atoms with E-state index in [-0.39, 0.29) is 12.4 Å². The summed E-state index contributed by atoms with van der Waals surface area (Å²) in [6, 6.07) is 13.8. The first-order chi connectivity index (χ1) is 11.7. The van der Waals surface area contributed by atoms with Crippen molar-refractivity contribution in [1.29, 1.82) is 0 Å². The summed E-state index contributed by atoms with van der Waals surface area (Å²) in [6.45, 7) is 1.47. The molecule has 1 aliphatic carbocycles. The molecule has 2 atom stereocenters. The van der Waals surface area contributed by atoms with Crippen molar-refractivity contribution in [3.8, 4) is 5.75 Å². The van der Waals surface area contributed by atoms with Crippen LogP contribution >= 0.6 is 24.0 Å². The van der Waals surface area contributed by atoms with Gasteiger partial charge in [0.1, 0.15) is 5.75 Å². The fraction of sp³-hybridized carbons (Fsp3) is 0.400. The Morgan fingerprint density at radius 2 is 2.08 bits per heavy atom. The molecule has 5 heteroatoms. The summed E-state index contributed by atoms with van der Waals surface area (Å²) < 4.78 is 5.30. The molecular formula is C20H25Cl2NO2. The third kappa shape index (κ3) is 5.35. The number of ether oxygens (including phenoxy) is 1. The molecule has 0 spiro atoms.